The number of anilines is 1. The van der Waals surface area contributed by atoms with Gasteiger partial charge in [0.15, 0.2) is 34.7 Å². The first-order chi connectivity index (χ1) is 16.4. The highest BCUT2D eigenvalue weighted by molar-refractivity contribution is 6.31. The van der Waals surface area contributed by atoms with Crippen molar-refractivity contribution in [3.8, 4) is 5.75 Å². The minimum absolute atomic E-state index is 0.0184. The molecule has 0 radical (unpaired) electrons. The molecule has 0 aromatic heterocycles. The number of nitrogens with one attached hydrogen (secondary N) is 1. The number of benzene rings is 1. The zero-order valence-electron chi connectivity index (χ0n) is 18.3. The van der Waals surface area contributed by atoms with Gasteiger partial charge in [0.25, 0.3) is 0 Å². The molecule has 0 saturated heterocycles. The van der Waals surface area contributed by atoms with E-state index in [0.717, 1.165) is 0 Å². The largest absolute Gasteiger partial charge is 0.505 e. The number of hydrogen-bond donors (Lipinski definition) is 5. The maximum absolute atomic E-state index is 13.4. The minimum atomic E-state index is -2.74. The Morgan fingerprint density at radius 2 is 1.74 bits per heavy atom. The lowest BCUT2D eigenvalue weighted by Gasteiger charge is -2.48. The van der Waals surface area contributed by atoms with E-state index < -0.39 is 88.8 Å². The van der Waals surface area contributed by atoms with Crippen LogP contribution < -0.4 is 11.1 Å². The van der Waals surface area contributed by atoms with Gasteiger partial charge in [-0.3, -0.25) is 33.6 Å². The van der Waals surface area contributed by atoms with Crippen LogP contribution in [0.4, 0.5) is 5.69 Å². The van der Waals surface area contributed by atoms with Crippen LogP contribution >= 0.6 is 0 Å². The monoisotopic (exact) mass is 486 g/mol. The average Bonchev–Trinajstić information content (AvgIpc) is 2.76. The first-order valence-corrected chi connectivity index (χ1v) is 10.9. The van der Waals surface area contributed by atoms with Crippen LogP contribution in [0.15, 0.2) is 12.1 Å². The number of phenols is 1. The van der Waals surface area contributed by atoms with Crippen LogP contribution in [0.1, 0.15) is 41.6 Å². The number of carbonyl (C=O) groups is 7. The molecule has 1 aromatic carbocycles. The molecule has 6 N–H and O–H groups in total. The van der Waals surface area contributed by atoms with E-state index in [-0.39, 0.29) is 30.5 Å². The van der Waals surface area contributed by atoms with Gasteiger partial charge in [0.05, 0.1) is 23.6 Å². The highest BCUT2D eigenvalue weighted by Gasteiger charge is 2.66. The molecule has 3 aliphatic rings. The van der Waals surface area contributed by atoms with E-state index in [1.165, 1.54) is 12.1 Å². The summed E-state index contributed by atoms with van der Waals surface area (Å²) < 4.78 is 0. The third-order valence-electron chi connectivity index (χ3n) is 7.11. The van der Waals surface area contributed by atoms with E-state index >= 15 is 0 Å². The number of phenolic OH excluding ortho intramolecular Hbond substituents is 1. The molecule has 184 valence electrons. The van der Waals surface area contributed by atoms with E-state index in [2.05, 4.69) is 5.32 Å². The van der Waals surface area contributed by atoms with Crippen molar-refractivity contribution in [2.24, 2.45) is 29.4 Å². The molecule has 12 nitrogen and oxygen atoms in total. The van der Waals surface area contributed by atoms with E-state index in [0.29, 0.717) is 5.56 Å². The quantitative estimate of drug-likeness (QED) is 0.256. The Morgan fingerprint density at radius 3 is 2.37 bits per heavy atom. The van der Waals surface area contributed by atoms with Crippen LogP contribution in [-0.2, 0) is 35.2 Å². The molecule has 12 heteroatoms. The first-order valence-electron chi connectivity index (χ1n) is 10.9. The van der Waals surface area contributed by atoms with Gasteiger partial charge >= 0.3 is 5.97 Å². The summed E-state index contributed by atoms with van der Waals surface area (Å²) in [6, 6.07) is 2.81. The van der Waals surface area contributed by atoms with Gasteiger partial charge in [-0.2, -0.15) is 0 Å². The van der Waals surface area contributed by atoms with Crippen molar-refractivity contribution in [3.05, 3.63) is 23.3 Å². The molecule has 0 bridgehead atoms. The van der Waals surface area contributed by atoms with E-state index in [9.17, 15) is 43.8 Å². The SMILES string of the molecule is NC(=O)C1C(=O)C[C@@H]2C[C@@H]3Cc4ccc(NC(=O)CCC(=O)O)c(O)c4C(=O)C3C(=O)[C@]2(O)C1=O. The summed E-state index contributed by atoms with van der Waals surface area (Å²) in [5.41, 5.74) is 2.35. The molecule has 3 aliphatic carbocycles. The van der Waals surface area contributed by atoms with Crippen LogP contribution in [0, 0.1) is 23.7 Å². The topological polar surface area (TPSA) is 218 Å². The number of carbonyl (C=O) groups excluding carboxylic acids is 6. The minimum Gasteiger partial charge on any atom is -0.505 e. The fourth-order valence-electron chi connectivity index (χ4n) is 5.48. The van der Waals surface area contributed by atoms with Gasteiger partial charge in [-0.25, -0.2) is 0 Å². The zero-order valence-corrected chi connectivity index (χ0v) is 18.3. The molecule has 5 atom stereocenters. The molecule has 2 unspecified atom stereocenters. The van der Waals surface area contributed by atoms with Crippen molar-refractivity contribution < 1.29 is 48.9 Å². The maximum Gasteiger partial charge on any atom is 0.303 e. The second-order valence-corrected chi connectivity index (χ2v) is 9.18. The highest BCUT2D eigenvalue weighted by Crippen LogP contribution is 2.50. The van der Waals surface area contributed by atoms with Crippen molar-refractivity contribution in [3.63, 3.8) is 0 Å². The summed E-state index contributed by atoms with van der Waals surface area (Å²) in [5.74, 6) is -13.2. The van der Waals surface area contributed by atoms with Gasteiger partial charge in [0, 0.05) is 18.8 Å². The van der Waals surface area contributed by atoms with Crippen LogP contribution in [0.5, 0.6) is 5.75 Å². The fraction of sp³-hybridized carbons (Fsp3) is 0.435. The molecule has 0 heterocycles. The number of fused-ring (bicyclic) bond motifs is 3. The zero-order chi connectivity index (χ0) is 25.8. The number of amides is 2. The Balaban J connectivity index is 1.68. The summed E-state index contributed by atoms with van der Waals surface area (Å²) in [6.45, 7) is 0. The van der Waals surface area contributed by atoms with Crippen LogP contribution in [0.3, 0.4) is 0 Å². The number of primary amides is 1. The van der Waals surface area contributed by atoms with E-state index in [1.54, 1.807) is 0 Å². The van der Waals surface area contributed by atoms with Gasteiger partial charge < -0.3 is 26.4 Å². The number of Topliss-reactive ketones (excluding diaryl/α,β-unsaturated/α-hetero) is 4. The molecular formula is C23H22N2O10. The van der Waals surface area contributed by atoms with Crippen LogP contribution in [0.2, 0.25) is 0 Å². The van der Waals surface area contributed by atoms with Crippen LogP contribution in [-0.4, -0.2) is 61.8 Å². The van der Waals surface area contributed by atoms with Gasteiger partial charge in [0.1, 0.15) is 5.75 Å². The van der Waals surface area contributed by atoms with Crippen LogP contribution in [0.25, 0.3) is 0 Å². The lowest BCUT2D eigenvalue weighted by atomic mass is 9.54. The predicted molar refractivity (Wildman–Crippen MR) is 114 cm³/mol. The average molecular weight is 486 g/mol. The third-order valence-corrected chi connectivity index (χ3v) is 7.11. The molecule has 0 aliphatic heterocycles. The Morgan fingerprint density at radius 1 is 1.06 bits per heavy atom. The number of aliphatic carboxylic acids is 1. The Bertz CT molecular complexity index is 1220. The van der Waals surface area contributed by atoms with Gasteiger partial charge in [0.2, 0.25) is 11.8 Å². The lowest BCUT2D eigenvalue weighted by Crippen LogP contribution is -2.68. The Kier molecular flexibility index (Phi) is 5.79. The second kappa shape index (κ2) is 8.38. The lowest BCUT2D eigenvalue weighted by molar-refractivity contribution is -0.175. The molecule has 4 rings (SSSR count). The molecule has 2 amide bonds. The molecule has 2 saturated carbocycles. The Labute approximate surface area is 197 Å². The molecule has 35 heavy (non-hydrogen) atoms. The van der Waals surface area contributed by atoms with Crippen molar-refractivity contribution in [2.45, 2.75) is 37.7 Å². The standard InChI is InChI=1S/C23H22N2O10/c24-22(34)17-12(26)7-10-6-9-5-8-1-2-11(25-13(27)3-4-14(28)29)18(30)15(8)19(31)16(9)20(32)23(10,35)21(17)33/h1-2,9-10,16-17,30,35H,3-7H2,(H2,24,34)(H,25,27)(H,28,29)/t9-,10-,16?,17?,23-/m0/s1. The third kappa shape index (κ3) is 3.70. The number of rotatable bonds is 5. The molecule has 0 spiro atoms. The van der Waals surface area contributed by atoms with Crippen molar-refractivity contribution >= 4 is 46.6 Å². The summed E-state index contributed by atoms with van der Waals surface area (Å²) >= 11 is 0. The number of nitrogens with two attached hydrogens (primary N) is 1. The highest BCUT2D eigenvalue weighted by atomic mass is 16.4. The number of ketones is 4. The van der Waals surface area contributed by atoms with E-state index in [1.807, 2.05) is 0 Å². The van der Waals surface area contributed by atoms with Crippen molar-refractivity contribution in [1.82, 2.24) is 0 Å². The number of carboxylic acids is 1. The second-order valence-electron chi connectivity index (χ2n) is 9.18. The van der Waals surface area contributed by atoms with Crippen molar-refractivity contribution in [2.75, 3.05) is 5.32 Å². The molecule has 2 fully saturated rings. The first kappa shape index (κ1) is 24.2. The Hall–Kier alpha value is -3.93. The normalized spacial score (nSPS) is 29.6. The van der Waals surface area contributed by atoms with E-state index in [4.69, 9.17) is 10.8 Å². The summed E-state index contributed by atoms with van der Waals surface area (Å²) in [7, 11) is 0. The molecule has 1 aromatic rings. The van der Waals surface area contributed by atoms with Gasteiger partial charge in [-0.05, 0) is 30.4 Å². The summed E-state index contributed by atoms with van der Waals surface area (Å²) in [4.78, 5) is 86.3. The van der Waals surface area contributed by atoms with Crippen molar-refractivity contribution in [1.29, 1.82) is 0 Å². The summed E-state index contributed by atoms with van der Waals surface area (Å²) in [6.07, 6.45) is -1.14. The number of aliphatic hydroxyl groups is 1. The van der Waals surface area contributed by atoms with Gasteiger partial charge in [-0.15, -0.1) is 0 Å². The smallest absolute Gasteiger partial charge is 0.303 e. The number of aromatic hydroxyl groups is 1. The fourth-order valence-corrected chi connectivity index (χ4v) is 5.48. The van der Waals surface area contributed by atoms with Gasteiger partial charge in [-0.1, -0.05) is 6.07 Å². The number of hydrogen-bond acceptors (Lipinski definition) is 9. The predicted octanol–water partition coefficient (Wildman–Crippen LogP) is -0.870. The maximum atomic E-state index is 13.4. The summed E-state index contributed by atoms with van der Waals surface area (Å²) in [5, 5.41) is 32.9. The molecular weight excluding hydrogens is 464 g/mol. The number of carboxylic acid groups (broad SMARTS) is 1.